The molecule has 1 atom stereocenters. The Balaban J connectivity index is 1.98. The number of nitrogens with two attached hydrogens (primary N) is 1. The molecule has 1 aromatic carbocycles. The summed E-state index contributed by atoms with van der Waals surface area (Å²) >= 11 is 0. The van der Waals surface area contributed by atoms with Gasteiger partial charge in [0.2, 0.25) is 10.0 Å². The zero-order valence-electron chi connectivity index (χ0n) is 10.8. The van der Waals surface area contributed by atoms with Gasteiger partial charge in [0.05, 0.1) is 4.90 Å². The van der Waals surface area contributed by atoms with Gasteiger partial charge in [0.15, 0.2) is 0 Å². The maximum absolute atomic E-state index is 11.9. The van der Waals surface area contributed by atoms with Crippen LogP contribution in [-0.2, 0) is 10.0 Å². The van der Waals surface area contributed by atoms with Crippen LogP contribution in [0.1, 0.15) is 36.5 Å². The third-order valence-corrected chi connectivity index (χ3v) is 4.14. The summed E-state index contributed by atoms with van der Waals surface area (Å²) in [6.07, 6.45) is 3.51. The Morgan fingerprint density at radius 2 is 1.95 bits per heavy atom. The van der Waals surface area contributed by atoms with Gasteiger partial charge in [0.25, 0.3) is 5.91 Å². The van der Waals surface area contributed by atoms with Crippen LogP contribution in [0.15, 0.2) is 29.2 Å². The summed E-state index contributed by atoms with van der Waals surface area (Å²) in [5.74, 6) is 0.564. The predicted molar refractivity (Wildman–Crippen MR) is 72.1 cm³/mol. The molecule has 104 valence electrons. The summed E-state index contributed by atoms with van der Waals surface area (Å²) in [6, 6.07) is 5.77. The molecule has 0 spiro atoms. The van der Waals surface area contributed by atoms with Crippen LogP contribution in [0, 0.1) is 5.92 Å². The van der Waals surface area contributed by atoms with Crippen LogP contribution in [0.5, 0.6) is 0 Å². The van der Waals surface area contributed by atoms with Crippen molar-refractivity contribution >= 4 is 15.9 Å². The van der Waals surface area contributed by atoms with Crippen LogP contribution < -0.4 is 10.5 Å². The monoisotopic (exact) mass is 282 g/mol. The number of carbonyl (C=O) groups is 1. The topological polar surface area (TPSA) is 89.3 Å². The van der Waals surface area contributed by atoms with Crippen molar-refractivity contribution in [2.24, 2.45) is 11.1 Å². The van der Waals surface area contributed by atoms with Crippen LogP contribution in [0.4, 0.5) is 0 Å². The second-order valence-corrected chi connectivity index (χ2v) is 6.68. The van der Waals surface area contributed by atoms with Gasteiger partial charge in [-0.1, -0.05) is 12.8 Å². The average Bonchev–Trinajstić information content (AvgIpc) is 3.11. The molecule has 0 heterocycles. The van der Waals surface area contributed by atoms with Crippen molar-refractivity contribution in [2.75, 3.05) is 0 Å². The molecule has 0 radical (unpaired) electrons. The summed E-state index contributed by atoms with van der Waals surface area (Å²) < 4.78 is 22.2. The lowest BCUT2D eigenvalue weighted by atomic mass is 10.1. The van der Waals surface area contributed by atoms with Crippen LogP contribution in [0.3, 0.4) is 0 Å². The minimum absolute atomic E-state index is 0.00933. The van der Waals surface area contributed by atoms with Crippen LogP contribution in [0.25, 0.3) is 0 Å². The Kier molecular flexibility index (Phi) is 3.91. The molecular weight excluding hydrogens is 264 g/mol. The molecule has 19 heavy (non-hydrogen) atoms. The number of primary sulfonamides is 1. The third-order valence-electron chi connectivity index (χ3n) is 3.21. The Morgan fingerprint density at radius 1 is 1.37 bits per heavy atom. The van der Waals surface area contributed by atoms with Gasteiger partial charge >= 0.3 is 0 Å². The number of carbonyl (C=O) groups excluding carboxylic acids is 1. The van der Waals surface area contributed by atoms with E-state index in [1.807, 2.05) is 6.92 Å². The number of amides is 1. The number of rotatable bonds is 5. The lowest BCUT2D eigenvalue weighted by molar-refractivity contribution is 0.0937. The highest BCUT2D eigenvalue weighted by Gasteiger charge is 2.24. The van der Waals surface area contributed by atoms with E-state index in [0.717, 1.165) is 12.3 Å². The standard InChI is InChI=1S/C13H18N2O3S/c1-9(8-10-2-3-10)15-13(16)11-4-6-12(7-5-11)19(14,17)18/h4-7,9-10H,2-3,8H2,1H3,(H,15,16)(H2,14,17,18). The Bertz CT molecular complexity index is 562. The lowest BCUT2D eigenvalue weighted by Gasteiger charge is -2.13. The smallest absolute Gasteiger partial charge is 0.251 e. The van der Waals surface area contributed by atoms with Gasteiger partial charge in [-0.15, -0.1) is 0 Å². The molecule has 1 unspecified atom stereocenters. The van der Waals surface area contributed by atoms with E-state index in [9.17, 15) is 13.2 Å². The molecule has 5 nitrogen and oxygen atoms in total. The number of benzene rings is 1. The first-order valence-electron chi connectivity index (χ1n) is 6.30. The van der Waals surface area contributed by atoms with Gasteiger partial charge < -0.3 is 5.32 Å². The number of sulfonamides is 1. The summed E-state index contributed by atoms with van der Waals surface area (Å²) in [4.78, 5) is 11.9. The van der Waals surface area contributed by atoms with Crippen molar-refractivity contribution in [2.45, 2.75) is 37.1 Å². The van der Waals surface area contributed by atoms with Crippen LogP contribution in [-0.4, -0.2) is 20.4 Å². The Labute approximate surface area is 113 Å². The molecule has 6 heteroatoms. The Hall–Kier alpha value is -1.40. The van der Waals surface area contributed by atoms with E-state index in [0.29, 0.717) is 5.56 Å². The minimum Gasteiger partial charge on any atom is -0.350 e. The van der Waals surface area contributed by atoms with Crippen molar-refractivity contribution in [1.29, 1.82) is 0 Å². The first kappa shape index (κ1) is 14.0. The summed E-state index contributed by atoms with van der Waals surface area (Å²) in [7, 11) is -3.71. The van der Waals surface area contributed by atoms with Crippen molar-refractivity contribution in [3.63, 3.8) is 0 Å². The third kappa shape index (κ3) is 4.04. The first-order chi connectivity index (χ1) is 8.86. The SMILES string of the molecule is CC(CC1CC1)NC(=O)c1ccc(S(N)(=O)=O)cc1. The van der Waals surface area contributed by atoms with E-state index >= 15 is 0 Å². The van der Waals surface area contributed by atoms with Crippen molar-refractivity contribution in [1.82, 2.24) is 5.32 Å². The molecule has 3 N–H and O–H groups in total. The van der Waals surface area contributed by atoms with E-state index in [2.05, 4.69) is 5.32 Å². The van der Waals surface area contributed by atoms with E-state index in [1.54, 1.807) is 0 Å². The highest BCUT2D eigenvalue weighted by Crippen LogP contribution is 2.33. The van der Waals surface area contributed by atoms with Crippen LogP contribution in [0.2, 0.25) is 0 Å². The average molecular weight is 282 g/mol. The maximum Gasteiger partial charge on any atom is 0.251 e. The maximum atomic E-state index is 11.9. The fourth-order valence-electron chi connectivity index (χ4n) is 2.02. The molecule has 0 bridgehead atoms. The number of hydrogen-bond donors (Lipinski definition) is 2. The molecule has 1 amide bonds. The first-order valence-corrected chi connectivity index (χ1v) is 7.84. The molecule has 0 saturated heterocycles. The number of nitrogens with one attached hydrogen (secondary N) is 1. The van der Waals surface area contributed by atoms with E-state index in [-0.39, 0.29) is 16.8 Å². The lowest BCUT2D eigenvalue weighted by Crippen LogP contribution is -2.32. The molecule has 1 aromatic rings. The summed E-state index contributed by atoms with van der Waals surface area (Å²) in [5, 5.41) is 7.90. The molecule has 1 fully saturated rings. The van der Waals surface area contributed by atoms with E-state index < -0.39 is 10.0 Å². The molecule has 0 aromatic heterocycles. The van der Waals surface area contributed by atoms with Crippen molar-refractivity contribution in [3.8, 4) is 0 Å². The van der Waals surface area contributed by atoms with Gasteiger partial charge in [-0.2, -0.15) is 0 Å². The van der Waals surface area contributed by atoms with Crippen molar-refractivity contribution < 1.29 is 13.2 Å². The predicted octanol–water partition coefficient (Wildman–Crippen LogP) is 1.25. The zero-order chi connectivity index (χ0) is 14.0. The number of hydrogen-bond acceptors (Lipinski definition) is 3. The molecule has 1 aliphatic rings. The summed E-state index contributed by atoms with van der Waals surface area (Å²) in [5.41, 5.74) is 0.440. The highest BCUT2D eigenvalue weighted by atomic mass is 32.2. The van der Waals surface area contributed by atoms with Crippen LogP contribution >= 0.6 is 0 Å². The van der Waals surface area contributed by atoms with Gasteiger partial charge in [-0.05, 0) is 43.5 Å². The van der Waals surface area contributed by atoms with Gasteiger partial charge in [-0.25, -0.2) is 13.6 Å². The highest BCUT2D eigenvalue weighted by molar-refractivity contribution is 7.89. The van der Waals surface area contributed by atoms with Gasteiger partial charge in [-0.3, -0.25) is 4.79 Å². The molecule has 2 rings (SSSR count). The molecule has 0 aliphatic heterocycles. The summed E-state index contributed by atoms with van der Waals surface area (Å²) in [6.45, 7) is 1.98. The quantitative estimate of drug-likeness (QED) is 0.851. The molecule has 1 aliphatic carbocycles. The van der Waals surface area contributed by atoms with E-state index in [4.69, 9.17) is 5.14 Å². The fourth-order valence-corrected chi connectivity index (χ4v) is 2.53. The second-order valence-electron chi connectivity index (χ2n) is 5.12. The minimum atomic E-state index is -3.71. The molecule has 1 saturated carbocycles. The van der Waals surface area contributed by atoms with Gasteiger partial charge in [0.1, 0.15) is 0 Å². The fraction of sp³-hybridized carbons (Fsp3) is 0.462. The molecular formula is C13H18N2O3S. The zero-order valence-corrected chi connectivity index (χ0v) is 11.6. The van der Waals surface area contributed by atoms with Gasteiger partial charge in [0, 0.05) is 11.6 Å². The Morgan fingerprint density at radius 3 is 2.42 bits per heavy atom. The van der Waals surface area contributed by atoms with E-state index in [1.165, 1.54) is 37.1 Å². The van der Waals surface area contributed by atoms with Crippen molar-refractivity contribution in [3.05, 3.63) is 29.8 Å². The normalized spacial score (nSPS) is 16.9. The largest absolute Gasteiger partial charge is 0.350 e. The second kappa shape index (κ2) is 5.30.